The van der Waals surface area contributed by atoms with E-state index in [4.69, 9.17) is 10.2 Å². The minimum absolute atomic E-state index is 0.159. The van der Waals surface area contributed by atoms with E-state index in [1.54, 1.807) is 24.3 Å². The summed E-state index contributed by atoms with van der Waals surface area (Å²) in [7, 11) is 0. The van der Waals surface area contributed by atoms with E-state index < -0.39 is 43.1 Å². The highest BCUT2D eigenvalue weighted by Crippen LogP contribution is 2.25. The Labute approximate surface area is 155 Å². The maximum Gasteiger partial charge on any atom is 0.335 e. The molecule has 2 aromatic rings. The number of aromatic carboxylic acids is 1. The summed E-state index contributed by atoms with van der Waals surface area (Å²) >= 11 is 0. The smallest absolute Gasteiger partial charge is 0.335 e. The minimum atomic E-state index is -1.87. The number of carboxylic acids is 1. The quantitative estimate of drug-likeness (QED) is 0.324. The molecule has 0 amide bonds. The van der Waals surface area contributed by atoms with E-state index in [2.05, 4.69) is 0 Å². The van der Waals surface area contributed by atoms with Crippen LogP contribution in [0.5, 0.6) is 0 Å². The zero-order valence-electron chi connectivity index (χ0n) is 14.3. The molecule has 0 aliphatic heterocycles. The lowest BCUT2D eigenvalue weighted by molar-refractivity contribution is -0.141. The van der Waals surface area contributed by atoms with Gasteiger partial charge in [0.1, 0.15) is 30.5 Å². The third-order valence-corrected chi connectivity index (χ3v) is 4.32. The van der Waals surface area contributed by atoms with Crippen molar-refractivity contribution >= 4 is 5.97 Å². The van der Waals surface area contributed by atoms with Crippen molar-refractivity contribution in [3.63, 3.8) is 0 Å². The molecule has 0 saturated heterocycles. The molecule has 5 atom stereocenters. The normalized spacial score (nSPS) is 17.0. The fourth-order valence-electron chi connectivity index (χ4n) is 2.60. The Morgan fingerprint density at radius 1 is 0.741 bits per heavy atom. The van der Waals surface area contributed by atoms with Gasteiger partial charge in [-0.2, -0.15) is 0 Å². The summed E-state index contributed by atoms with van der Waals surface area (Å²) in [4.78, 5) is 10.9. The van der Waals surface area contributed by atoms with Gasteiger partial charge in [0.15, 0.2) is 0 Å². The van der Waals surface area contributed by atoms with Gasteiger partial charge < -0.3 is 35.7 Å². The molecule has 2 rings (SSSR count). The highest BCUT2D eigenvalue weighted by molar-refractivity contribution is 5.88. The van der Waals surface area contributed by atoms with Crippen LogP contribution in [0, 0.1) is 0 Å². The third-order valence-electron chi connectivity index (χ3n) is 4.32. The van der Waals surface area contributed by atoms with Crippen LogP contribution in [0.25, 0.3) is 11.1 Å². The number of aliphatic hydroxyl groups excluding tert-OH is 6. The van der Waals surface area contributed by atoms with Crippen molar-refractivity contribution in [2.75, 3.05) is 6.61 Å². The van der Waals surface area contributed by atoms with Crippen molar-refractivity contribution in [3.8, 4) is 11.1 Å². The Morgan fingerprint density at radius 3 is 1.67 bits per heavy atom. The Hall–Kier alpha value is -2.33. The van der Waals surface area contributed by atoms with Crippen LogP contribution < -0.4 is 0 Å². The molecule has 8 heteroatoms. The summed E-state index contributed by atoms with van der Waals surface area (Å²) in [6, 6.07) is 12.5. The number of aliphatic hydroxyl groups is 6. The molecule has 0 heterocycles. The lowest BCUT2D eigenvalue weighted by atomic mass is 9.94. The SMILES string of the molecule is O=C(O)c1ccc(-c2ccc(C(O)[C@H](O)[C@@H](O)[C@@H](O)[C@H](O)CO)cc2)cc1. The van der Waals surface area contributed by atoms with Crippen LogP contribution >= 0.6 is 0 Å². The molecule has 146 valence electrons. The van der Waals surface area contributed by atoms with Crippen molar-refractivity contribution in [2.45, 2.75) is 30.5 Å². The van der Waals surface area contributed by atoms with Gasteiger partial charge in [-0.15, -0.1) is 0 Å². The first kappa shape index (κ1) is 21.0. The van der Waals surface area contributed by atoms with Crippen molar-refractivity contribution in [1.82, 2.24) is 0 Å². The standard InChI is InChI=1S/C19H22O8/c20-9-14(21)16(23)18(25)17(24)15(22)12-5-1-10(2-6-12)11-3-7-13(8-4-11)19(26)27/h1-8,14-18,20-25H,9H2,(H,26,27)/t14-,15?,16+,17+,18+/m1/s1. The van der Waals surface area contributed by atoms with E-state index in [0.717, 1.165) is 11.1 Å². The minimum Gasteiger partial charge on any atom is -0.478 e. The summed E-state index contributed by atoms with van der Waals surface area (Å²) in [6.07, 6.45) is -8.68. The van der Waals surface area contributed by atoms with Gasteiger partial charge in [-0.1, -0.05) is 36.4 Å². The Bertz CT molecular complexity index is 743. The predicted molar refractivity (Wildman–Crippen MR) is 94.9 cm³/mol. The number of hydrogen-bond acceptors (Lipinski definition) is 7. The van der Waals surface area contributed by atoms with Crippen LogP contribution in [-0.4, -0.2) is 72.7 Å². The Balaban J connectivity index is 2.12. The monoisotopic (exact) mass is 378 g/mol. The second-order valence-electron chi connectivity index (χ2n) is 6.17. The summed E-state index contributed by atoms with van der Waals surface area (Å²) in [6.45, 7) is -0.809. The van der Waals surface area contributed by atoms with E-state index in [1.807, 2.05) is 0 Å². The van der Waals surface area contributed by atoms with Crippen LogP contribution in [0.1, 0.15) is 22.0 Å². The van der Waals surface area contributed by atoms with Gasteiger partial charge >= 0.3 is 5.97 Å². The van der Waals surface area contributed by atoms with E-state index in [0.29, 0.717) is 0 Å². The van der Waals surface area contributed by atoms with Gasteiger partial charge in [-0.05, 0) is 28.8 Å². The van der Waals surface area contributed by atoms with Gasteiger partial charge in [-0.25, -0.2) is 4.79 Å². The van der Waals surface area contributed by atoms with Crippen molar-refractivity contribution in [1.29, 1.82) is 0 Å². The maximum atomic E-state index is 10.9. The molecule has 0 aliphatic rings. The molecule has 0 fully saturated rings. The number of carbonyl (C=O) groups is 1. The average molecular weight is 378 g/mol. The molecule has 1 unspecified atom stereocenters. The first-order valence-electron chi connectivity index (χ1n) is 8.21. The lowest BCUT2D eigenvalue weighted by Crippen LogP contribution is -2.47. The Kier molecular flexibility index (Phi) is 7.03. The molecule has 2 aromatic carbocycles. The average Bonchev–Trinajstić information content (AvgIpc) is 2.71. The van der Waals surface area contributed by atoms with Gasteiger partial charge in [0.25, 0.3) is 0 Å². The maximum absolute atomic E-state index is 10.9. The molecule has 27 heavy (non-hydrogen) atoms. The van der Waals surface area contributed by atoms with Crippen LogP contribution in [0.2, 0.25) is 0 Å². The highest BCUT2D eigenvalue weighted by Gasteiger charge is 2.34. The van der Waals surface area contributed by atoms with Crippen LogP contribution in [-0.2, 0) is 0 Å². The van der Waals surface area contributed by atoms with Gasteiger partial charge in [-0.3, -0.25) is 0 Å². The van der Waals surface area contributed by atoms with Gasteiger partial charge in [0.05, 0.1) is 12.2 Å². The number of rotatable bonds is 8. The van der Waals surface area contributed by atoms with E-state index in [-0.39, 0.29) is 11.1 Å². The zero-order valence-corrected chi connectivity index (χ0v) is 14.3. The van der Waals surface area contributed by atoms with E-state index in [9.17, 15) is 30.3 Å². The van der Waals surface area contributed by atoms with Crippen molar-refractivity contribution in [3.05, 3.63) is 59.7 Å². The summed E-state index contributed by atoms with van der Waals surface area (Å²) in [5, 5.41) is 66.7. The number of carboxylic acid groups (broad SMARTS) is 1. The summed E-state index contributed by atoms with van der Waals surface area (Å²) < 4.78 is 0. The molecule has 0 aliphatic carbocycles. The molecular weight excluding hydrogens is 356 g/mol. The Morgan fingerprint density at radius 2 is 1.22 bits per heavy atom. The molecule has 0 radical (unpaired) electrons. The lowest BCUT2D eigenvalue weighted by Gasteiger charge is -2.28. The van der Waals surface area contributed by atoms with Crippen molar-refractivity contribution < 1.29 is 40.5 Å². The highest BCUT2D eigenvalue weighted by atomic mass is 16.4. The second kappa shape index (κ2) is 9.05. The van der Waals surface area contributed by atoms with Crippen LogP contribution in [0.3, 0.4) is 0 Å². The predicted octanol–water partition coefficient (Wildman–Crippen LogP) is -0.479. The zero-order chi connectivity index (χ0) is 20.1. The fraction of sp³-hybridized carbons (Fsp3) is 0.316. The van der Waals surface area contributed by atoms with Gasteiger partial charge in [0.2, 0.25) is 0 Å². The van der Waals surface area contributed by atoms with Crippen LogP contribution in [0.4, 0.5) is 0 Å². The number of benzene rings is 2. The summed E-state index contributed by atoms with van der Waals surface area (Å²) in [5.74, 6) is -1.03. The van der Waals surface area contributed by atoms with Crippen molar-refractivity contribution in [2.24, 2.45) is 0 Å². The van der Waals surface area contributed by atoms with E-state index >= 15 is 0 Å². The molecular formula is C19H22O8. The van der Waals surface area contributed by atoms with Crippen LogP contribution in [0.15, 0.2) is 48.5 Å². The first-order valence-corrected chi connectivity index (χ1v) is 8.21. The molecule has 0 saturated carbocycles. The molecule has 0 bridgehead atoms. The largest absolute Gasteiger partial charge is 0.478 e. The molecule has 7 N–H and O–H groups in total. The molecule has 0 aromatic heterocycles. The van der Waals surface area contributed by atoms with E-state index in [1.165, 1.54) is 24.3 Å². The fourth-order valence-corrected chi connectivity index (χ4v) is 2.60. The third kappa shape index (κ3) is 4.89. The number of hydrogen-bond donors (Lipinski definition) is 7. The topological polar surface area (TPSA) is 159 Å². The second-order valence-corrected chi connectivity index (χ2v) is 6.17. The first-order chi connectivity index (χ1) is 12.8. The molecule has 8 nitrogen and oxygen atoms in total. The summed E-state index contributed by atoms with van der Waals surface area (Å²) in [5.41, 5.74) is 1.92. The van der Waals surface area contributed by atoms with Gasteiger partial charge in [0, 0.05) is 0 Å². The molecule has 0 spiro atoms.